The molecular formula is C22H23N3O4. The fourth-order valence-electron chi connectivity index (χ4n) is 2.71. The third-order valence-electron chi connectivity index (χ3n) is 4.24. The fraction of sp³-hybridized carbons (Fsp3) is 0.227. The lowest BCUT2D eigenvalue weighted by atomic mass is 10.1. The van der Waals surface area contributed by atoms with Gasteiger partial charge in [0.15, 0.2) is 6.61 Å². The third kappa shape index (κ3) is 5.30. The van der Waals surface area contributed by atoms with Crippen LogP contribution in [0.4, 0.5) is 0 Å². The molecule has 0 atom stereocenters. The Labute approximate surface area is 169 Å². The number of esters is 1. The molecule has 0 aliphatic carbocycles. The molecule has 0 radical (unpaired) electrons. The molecule has 0 fully saturated rings. The lowest BCUT2D eigenvalue weighted by Gasteiger charge is -2.06. The first kappa shape index (κ1) is 20.3. The molecular weight excluding hydrogens is 370 g/mol. The van der Waals surface area contributed by atoms with E-state index in [0.717, 1.165) is 16.8 Å². The molecule has 7 nitrogen and oxygen atoms in total. The summed E-state index contributed by atoms with van der Waals surface area (Å²) in [7, 11) is 1.54. The molecule has 29 heavy (non-hydrogen) atoms. The van der Waals surface area contributed by atoms with E-state index in [1.54, 1.807) is 18.0 Å². The minimum Gasteiger partial charge on any atom is -0.452 e. The summed E-state index contributed by atoms with van der Waals surface area (Å²) < 4.78 is 11.7. The predicted molar refractivity (Wildman–Crippen MR) is 109 cm³/mol. The summed E-state index contributed by atoms with van der Waals surface area (Å²) in [6, 6.07) is 17.2. The van der Waals surface area contributed by atoms with Crippen LogP contribution in [0, 0.1) is 6.92 Å². The maximum Gasteiger partial charge on any atom is 0.342 e. The van der Waals surface area contributed by atoms with Crippen molar-refractivity contribution in [3.05, 3.63) is 71.9 Å². The zero-order valence-corrected chi connectivity index (χ0v) is 16.4. The Balaban J connectivity index is 1.83. The second kappa shape index (κ2) is 9.66. The molecule has 0 aliphatic heterocycles. The summed E-state index contributed by atoms with van der Waals surface area (Å²) in [6.45, 7) is 2.37. The molecule has 0 saturated heterocycles. The monoisotopic (exact) mass is 393 g/mol. The van der Waals surface area contributed by atoms with E-state index in [-0.39, 0.29) is 12.5 Å². The van der Waals surface area contributed by atoms with Gasteiger partial charge in [0.1, 0.15) is 11.3 Å². The topological polar surface area (TPSA) is 82.5 Å². The number of carbonyl (C=O) groups is 2. The van der Waals surface area contributed by atoms with Crippen molar-refractivity contribution in [3.63, 3.8) is 0 Å². The van der Waals surface area contributed by atoms with Crippen molar-refractivity contribution in [2.75, 3.05) is 26.9 Å². The summed E-state index contributed by atoms with van der Waals surface area (Å²) in [5, 5.41) is 7.20. The molecule has 3 aromatic rings. The summed E-state index contributed by atoms with van der Waals surface area (Å²) in [5.74, 6) is -0.993. The van der Waals surface area contributed by atoms with Gasteiger partial charge < -0.3 is 14.8 Å². The second-order valence-corrected chi connectivity index (χ2v) is 6.46. The highest BCUT2D eigenvalue weighted by atomic mass is 16.5. The normalized spacial score (nSPS) is 10.6. The number of hydrogen-bond acceptors (Lipinski definition) is 5. The molecule has 1 N–H and O–H groups in total. The maximum absolute atomic E-state index is 12.7. The molecule has 7 heteroatoms. The van der Waals surface area contributed by atoms with Crippen molar-refractivity contribution in [3.8, 4) is 16.9 Å². The van der Waals surface area contributed by atoms with Crippen LogP contribution in [0.5, 0.6) is 0 Å². The number of rotatable bonds is 8. The van der Waals surface area contributed by atoms with E-state index in [4.69, 9.17) is 9.47 Å². The van der Waals surface area contributed by atoms with Crippen LogP contribution in [0.15, 0.2) is 60.8 Å². The minimum atomic E-state index is -0.607. The Kier molecular flexibility index (Phi) is 6.76. The van der Waals surface area contributed by atoms with Crippen LogP contribution in [0.1, 0.15) is 15.9 Å². The number of amides is 1. The number of nitrogens with one attached hydrogen (secondary N) is 1. The predicted octanol–water partition coefficient (Wildman–Crippen LogP) is 2.77. The molecule has 0 spiro atoms. The average Bonchev–Trinajstić information content (AvgIpc) is 3.19. The van der Waals surface area contributed by atoms with Crippen molar-refractivity contribution in [1.29, 1.82) is 0 Å². The Bertz CT molecular complexity index is 965. The Hall–Kier alpha value is -3.45. The summed E-state index contributed by atoms with van der Waals surface area (Å²) in [5.41, 5.74) is 3.51. The van der Waals surface area contributed by atoms with Gasteiger partial charge in [-0.2, -0.15) is 5.10 Å². The van der Waals surface area contributed by atoms with E-state index < -0.39 is 5.97 Å². The van der Waals surface area contributed by atoms with Crippen molar-refractivity contribution < 1.29 is 19.1 Å². The van der Waals surface area contributed by atoms with Crippen LogP contribution in [-0.2, 0) is 14.3 Å². The van der Waals surface area contributed by atoms with Crippen LogP contribution in [0.25, 0.3) is 16.9 Å². The average molecular weight is 393 g/mol. The van der Waals surface area contributed by atoms with Crippen molar-refractivity contribution in [1.82, 2.24) is 15.1 Å². The highest BCUT2D eigenvalue weighted by molar-refractivity contribution is 5.97. The number of carbonyl (C=O) groups excluding carboxylic acids is 2. The molecule has 1 heterocycles. The van der Waals surface area contributed by atoms with E-state index in [1.807, 2.05) is 61.5 Å². The van der Waals surface area contributed by atoms with Gasteiger partial charge >= 0.3 is 5.97 Å². The van der Waals surface area contributed by atoms with Gasteiger partial charge in [0.2, 0.25) is 0 Å². The smallest absolute Gasteiger partial charge is 0.342 e. The van der Waals surface area contributed by atoms with Crippen LogP contribution in [-0.4, -0.2) is 48.5 Å². The van der Waals surface area contributed by atoms with E-state index >= 15 is 0 Å². The molecule has 0 bridgehead atoms. The molecule has 0 unspecified atom stereocenters. The standard InChI is InChI=1S/C22H23N3O4/c1-16-8-10-17(11-9-16)21-19(14-25(24-21)18-6-4-3-5-7-18)22(27)29-15-20(26)23-12-13-28-2/h3-11,14H,12-13,15H2,1-2H3,(H,23,26). The number of ether oxygens (including phenoxy) is 2. The fourth-order valence-corrected chi connectivity index (χ4v) is 2.71. The Morgan fingerprint density at radius 1 is 1.07 bits per heavy atom. The Morgan fingerprint density at radius 2 is 1.79 bits per heavy atom. The molecule has 3 rings (SSSR count). The zero-order valence-electron chi connectivity index (χ0n) is 16.4. The number of aromatic nitrogens is 2. The van der Waals surface area contributed by atoms with E-state index in [1.165, 1.54) is 0 Å². The molecule has 1 amide bonds. The van der Waals surface area contributed by atoms with Gasteiger partial charge in [-0.3, -0.25) is 4.79 Å². The van der Waals surface area contributed by atoms with Crippen molar-refractivity contribution in [2.45, 2.75) is 6.92 Å². The number of aryl methyl sites for hydroxylation is 1. The minimum absolute atomic E-state index is 0.294. The number of benzene rings is 2. The van der Waals surface area contributed by atoms with Crippen LogP contribution >= 0.6 is 0 Å². The lowest BCUT2D eigenvalue weighted by Crippen LogP contribution is -2.31. The second-order valence-electron chi connectivity index (χ2n) is 6.46. The highest BCUT2D eigenvalue weighted by Gasteiger charge is 2.20. The van der Waals surface area contributed by atoms with Crippen molar-refractivity contribution >= 4 is 11.9 Å². The number of methoxy groups -OCH3 is 1. The summed E-state index contributed by atoms with van der Waals surface area (Å²) in [4.78, 5) is 24.5. The first-order chi connectivity index (χ1) is 14.1. The molecule has 0 saturated carbocycles. The summed E-state index contributed by atoms with van der Waals surface area (Å²) >= 11 is 0. The molecule has 150 valence electrons. The van der Waals surface area contributed by atoms with Crippen LogP contribution in [0.3, 0.4) is 0 Å². The highest BCUT2D eigenvalue weighted by Crippen LogP contribution is 2.25. The summed E-state index contributed by atoms with van der Waals surface area (Å²) in [6.07, 6.45) is 1.62. The van der Waals surface area contributed by atoms with Gasteiger partial charge in [0.25, 0.3) is 5.91 Å². The van der Waals surface area contributed by atoms with Gasteiger partial charge in [0.05, 0.1) is 12.3 Å². The van der Waals surface area contributed by atoms with Crippen molar-refractivity contribution in [2.24, 2.45) is 0 Å². The molecule has 2 aromatic carbocycles. The SMILES string of the molecule is COCCNC(=O)COC(=O)c1cn(-c2ccccc2)nc1-c1ccc(C)cc1. The molecule has 1 aromatic heterocycles. The Morgan fingerprint density at radius 3 is 2.48 bits per heavy atom. The maximum atomic E-state index is 12.7. The van der Waals surface area contributed by atoms with Crippen LogP contribution < -0.4 is 5.32 Å². The van der Waals surface area contributed by atoms with Gasteiger partial charge in [-0.1, -0.05) is 48.0 Å². The quantitative estimate of drug-likeness (QED) is 0.470. The van der Waals surface area contributed by atoms with E-state index in [2.05, 4.69) is 10.4 Å². The van der Waals surface area contributed by atoms with Gasteiger partial charge in [-0.25, -0.2) is 9.48 Å². The van der Waals surface area contributed by atoms with Gasteiger partial charge in [-0.05, 0) is 19.1 Å². The molecule has 0 aliphatic rings. The first-order valence-electron chi connectivity index (χ1n) is 9.23. The largest absolute Gasteiger partial charge is 0.452 e. The van der Waals surface area contributed by atoms with E-state index in [0.29, 0.717) is 24.4 Å². The number of nitrogens with zero attached hydrogens (tertiary/aromatic N) is 2. The van der Waals surface area contributed by atoms with Gasteiger partial charge in [-0.15, -0.1) is 0 Å². The number of hydrogen-bond donors (Lipinski definition) is 1. The third-order valence-corrected chi connectivity index (χ3v) is 4.24. The van der Waals surface area contributed by atoms with E-state index in [9.17, 15) is 9.59 Å². The lowest BCUT2D eigenvalue weighted by molar-refractivity contribution is -0.124. The number of para-hydroxylation sites is 1. The van der Waals surface area contributed by atoms with Crippen LogP contribution in [0.2, 0.25) is 0 Å². The first-order valence-corrected chi connectivity index (χ1v) is 9.23. The van der Waals surface area contributed by atoms with Gasteiger partial charge in [0, 0.05) is 25.4 Å². The zero-order chi connectivity index (χ0) is 20.6.